The van der Waals surface area contributed by atoms with Gasteiger partial charge in [0.25, 0.3) is 5.91 Å². The third kappa shape index (κ3) is 6.48. The number of aromatic nitrogens is 4. The first-order chi connectivity index (χ1) is 19.5. The minimum atomic E-state index is -0.565. The molecule has 0 bridgehead atoms. The van der Waals surface area contributed by atoms with Gasteiger partial charge in [-0.25, -0.2) is 30.6 Å². The highest BCUT2D eigenvalue weighted by Crippen LogP contribution is 2.38. The lowest BCUT2D eigenvalue weighted by Gasteiger charge is -2.13. The molecule has 0 aliphatic rings. The molecule has 0 aromatic carbocycles. The van der Waals surface area contributed by atoms with E-state index in [0.29, 0.717) is 64.4 Å². The maximum absolute atomic E-state index is 12.4. The molecule has 40 heavy (non-hydrogen) atoms. The summed E-state index contributed by atoms with van der Waals surface area (Å²) >= 11 is 1.38. The van der Waals surface area contributed by atoms with Crippen molar-refractivity contribution in [2.75, 3.05) is 39.3 Å². The number of hydrogen-bond acceptors (Lipinski definition) is 11. The number of nitrogens with two attached hydrogens (primary N) is 1. The highest BCUT2D eigenvalue weighted by Gasteiger charge is 2.20. The van der Waals surface area contributed by atoms with E-state index >= 15 is 0 Å². The molecule has 14 heteroatoms. The van der Waals surface area contributed by atoms with Gasteiger partial charge >= 0.3 is 6.03 Å². The molecular weight excluding hydrogens is 536 g/mol. The maximum atomic E-state index is 12.4. The number of nitrogens with one attached hydrogen (secondary N) is 3. The van der Waals surface area contributed by atoms with Gasteiger partial charge in [-0.15, -0.1) is 11.3 Å². The number of ether oxygens (including phenoxy) is 3. The van der Waals surface area contributed by atoms with Crippen LogP contribution in [0.15, 0.2) is 48.2 Å². The monoisotopic (exact) mass is 564 g/mol. The van der Waals surface area contributed by atoms with Crippen LogP contribution in [0.25, 0.3) is 33.0 Å². The molecule has 0 fully saturated rings. The fourth-order valence-corrected chi connectivity index (χ4v) is 4.55. The second kappa shape index (κ2) is 13.4. The zero-order valence-corrected chi connectivity index (χ0v) is 22.9. The standard InChI is InChI=1S/C26H28N8O5S/c1-4-28-26(36)33-21-11-17(19(13-30-21)15-10-18(22(35)34-27)23(38-3)31-12-15)25-32-20(14-40-25)16-6-5-7-29-24(16)39-9-8-37-2/h5-7,10-14H,4,8-9,27H2,1-3H3,(H,34,35)(H2,28,30,33,36). The van der Waals surface area contributed by atoms with Crippen molar-refractivity contribution in [3.05, 3.63) is 53.8 Å². The molecule has 0 saturated carbocycles. The fourth-order valence-electron chi connectivity index (χ4n) is 3.70. The molecule has 0 aliphatic heterocycles. The highest BCUT2D eigenvalue weighted by molar-refractivity contribution is 7.13. The van der Waals surface area contributed by atoms with Crippen molar-refractivity contribution in [1.82, 2.24) is 30.7 Å². The Hall–Kier alpha value is -4.66. The molecule has 4 aromatic rings. The third-order valence-electron chi connectivity index (χ3n) is 5.52. The number of hydrazine groups is 1. The summed E-state index contributed by atoms with van der Waals surface area (Å²) in [5, 5.41) is 7.91. The Labute approximate surface area is 234 Å². The van der Waals surface area contributed by atoms with Gasteiger partial charge in [0.2, 0.25) is 11.8 Å². The molecule has 13 nitrogen and oxygen atoms in total. The molecule has 4 rings (SSSR count). The molecular formula is C26H28N8O5S. The Bertz CT molecular complexity index is 1500. The van der Waals surface area contributed by atoms with Gasteiger partial charge in [-0.3, -0.25) is 15.5 Å². The van der Waals surface area contributed by atoms with E-state index in [1.165, 1.54) is 18.4 Å². The number of thiazole rings is 1. The molecule has 4 heterocycles. The van der Waals surface area contributed by atoms with Crippen LogP contribution in [0.4, 0.5) is 10.6 Å². The minimum Gasteiger partial charge on any atom is -0.480 e. The van der Waals surface area contributed by atoms with Crippen LogP contribution < -0.4 is 31.4 Å². The Kier molecular flexibility index (Phi) is 9.51. The van der Waals surface area contributed by atoms with E-state index in [1.54, 1.807) is 43.9 Å². The van der Waals surface area contributed by atoms with Crippen LogP contribution in [-0.4, -0.2) is 65.9 Å². The van der Waals surface area contributed by atoms with Crippen LogP contribution in [0.3, 0.4) is 0 Å². The number of hydrogen-bond donors (Lipinski definition) is 4. The van der Waals surface area contributed by atoms with Gasteiger partial charge in [0.05, 0.1) is 25.0 Å². The summed E-state index contributed by atoms with van der Waals surface area (Å²) in [4.78, 5) is 42.5. The number of nitrogen functional groups attached to an aromatic ring is 1. The van der Waals surface area contributed by atoms with E-state index in [0.717, 1.165) is 0 Å². The van der Waals surface area contributed by atoms with Gasteiger partial charge in [0.1, 0.15) is 23.0 Å². The first-order valence-electron chi connectivity index (χ1n) is 12.1. The second-order valence-electron chi connectivity index (χ2n) is 8.09. The lowest BCUT2D eigenvalue weighted by atomic mass is 10.0. The van der Waals surface area contributed by atoms with Crippen molar-refractivity contribution in [2.45, 2.75) is 6.92 Å². The van der Waals surface area contributed by atoms with Gasteiger partial charge in [0, 0.05) is 54.3 Å². The van der Waals surface area contributed by atoms with Gasteiger partial charge < -0.3 is 19.5 Å². The predicted octanol–water partition coefficient (Wildman–Crippen LogP) is 3.11. The number of amides is 3. The molecule has 3 amide bonds. The molecule has 0 spiro atoms. The molecule has 4 aromatic heterocycles. The number of urea groups is 1. The maximum Gasteiger partial charge on any atom is 0.320 e. The van der Waals surface area contributed by atoms with Gasteiger partial charge in [-0.05, 0) is 31.2 Å². The lowest BCUT2D eigenvalue weighted by molar-refractivity contribution is 0.0950. The van der Waals surface area contributed by atoms with Gasteiger partial charge in [-0.1, -0.05) is 0 Å². The number of rotatable bonds is 11. The predicted molar refractivity (Wildman–Crippen MR) is 150 cm³/mol. The van der Waals surface area contributed by atoms with Crippen molar-refractivity contribution in [3.63, 3.8) is 0 Å². The van der Waals surface area contributed by atoms with Crippen molar-refractivity contribution >= 4 is 29.1 Å². The van der Waals surface area contributed by atoms with Crippen molar-refractivity contribution in [3.8, 4) is 44.7 Å². The Balaban J connectivity index is 1.80. The molecule has 5 N–H and O–H groups in total. The first-order valence-corrected chi connectivity index (χ1v) is 13.0. The van der Waals surface area contributed by atoms with Crippen LogP contribution in [0.1, 0.15) is 17.3 Å². The Morgan fingerprint density at radius 1 is 1.02 bits per heavy atom. The summed E-state index contributed by atoms with van der Waals surface area (Å²) in [5.74, 6) is 5.66. The van der Waals surface area contributed by atoms with E-state index in [-0.39, 0.29) is 11.4 Å². The Morgan fingerprint density at radius 2 is 1.88 bits per heavy atom. The summed E-state index contributed by atoms with van der Waals surface area (Å²) in [5.41, 5.74) is 5.44. The highest BCUT2D eigenvalue weighted by atomic mass is 32.1. The largest absolute Gasteiger partial charge is 0.480 e. The molecule has 0 atom stereocenters. The van der Waals surface area contributed by atoms with Crippen LogP contribution in [0.5, 0.6) is 11.8 Å². The number of carbonyl (C=O) groups excluding carboxylic acids is 2. The molecule has 0 saturated heterocycles. The van der Waals surface area contributed by atoms with E-state index in [9.17, 15) is 9.59 Å². The normalized spacial score (nSPS) is 10.6. The summed E-state index contributed by atoms with van der Waals surface area (Å²) in [6, 6.07) is 6.59. The van der Waals surface area contributed by atoms with E-state index in [1.807, 2.05) is 18.4 Å². The topological polar surface area (TPSA) is 176 Å². The van der Waals surface area contributed by atoms with Crippen LogP contribution >= 0.6 is 11.3 Å². The molecule has 0 radical (unpaired) electrons. The molecule has 208 valence electrons. The molecule has 0 aliphatic carbocycles. The third-order valence-corrected chi connectivity index (χ3v) is 6.40. The average Bonchev–Trinajstić information content (AvgIpc) is 3.47. The Morgan fingerprint density at radius 3 is 2.62 bits per heavy atom. The van der Waals surface area contributed by atoms with E-state index in [2.05, 4.69) is 31.0 Å². The number of methoxy groups -OCH3 is 2. The number of anilines is 1. The summed E-state index contributed by atoms with van der Waals surface area (Å²) in [6.45, 7) is 3.02. The number of carbonyl (C=O) groups is 2. The number of pyridine rings is 3. The minimum absolute atomic E-state index is 0.116. The summed E-state index contributed by atoms with van der Waals surface area (Å²) in [7, 11) is 3.01. The summed E-state index contributed by atoms with van der Waals surface area (Å²) in [6.07, 6.45) is 4.78. The fraction of sp³-hybridized carbons (Fsp3) is 0.231. The zero-order valence-electron chi connectivity index (χ0n) is 22.1. The van der Waals surface area contributed by atoms with Gasteiger partial charge in [-0.2, -0.15) is 0 Å². The van der Waals surface area contributed by atoms with Crippen LogP contribution in [0.2, 0.25) is 0 Å². The quantitative estimate of drug-likeness (QED) is 0.0916. The van der Waals surface area contributed by atoms with Crippen molar-refractivity contribution < 1.29 is 23.8 Å². The molecule has 0 unspecified atom stereocenters. The zero-order chi connectivity index (χ0) is 28.5. The van der Waals surface area contributed by atoms with Crippen molar-refractivity contribution in [1.29, 1.82) is 0 Å². The number of nitrogens with zero attached hydrogens (tertiary/aromatic N) is 4. The SMILES string of the molecule is CCNC(=O)Nc1cc(-c2nc(-c3cccnc3OCCOC)cs2)c(-c2cnc(OC)c(C(=O)NN)c2)cn1. The van der Waals surface area contributed by atoms with Crippen LogP contribution in [0, 0.1) is 0 Å². The van der Waals surface area contributed by atoms with E-state index < -0.39 is 11.9 Å². The smallest absolute Gasteiger partial charge is 0.320 e. The van der Waals surface area contributed by atoms with Crippen LogP contribution in [-0.2, 0) is 4.74 Å². The first kappa shape index (κ1) is 28.4. The summed E-state index contributed by atoms with van der Waals surface area (Å²) < 4.78 is 16.1. The second-order valence-corrected chi connectivity index (χ2v) is 8.95. The van der Waals surface area contributed by atoms with Crippen molar-refractivity contribution in [2.24, 2.45) is 5.84 Å². The van der Waals surface area contributed by atoms with Gasteiger partial charge in [0.15, 0.2) is 0 Å². The lowest BCUT2D eigenvalue weighted by Crippen LogP contribution is -2.30. The van der Waals surface area contributed by atoms with E-state index in [4.69, 9.17) is 25.0 Å². The average molecular weight is 565 g/mol.